The van der Waals surface area contributed by atoms with Crippen LogP contribution in [0.3, 0.4) is 0 Å². The number of nitrogens with one attached hydrogen (secondary N) is 3. The SMILES string of the molecule is CC[C@@H](C)[C@H](NC(=O)Nc1cccc(C)c1C)C(=O)Nc1nnc(-c2cccc(Cl)c2)s1. The second-order valence-corrected chi connectivity index (χ2v) is 9.04. The van der Waals surface area contributed by atoms with Crippen molar-refractivity contribution in [2.24, 2.45) is 5.92 Å². The van der Waals surface area contributed by atoms with Crippen LogP contribution in [-0.4, -0.2) is 28.2 Å². The Kier molecular flexibility index (Phi) is 7.82. The van der Waals surface area contributed by atoms with Crippen molar-refractivity contribution in [2.75, 3.05) is 10.6 Å². The monoisotopic (exact) mass is 471 g/mol. The predicted octanol–water partition coefficient (Wildman–Crippen LogP) is 5.65. The van der Waals surface area contributed by atoms with Crippen LogP contribution < -0.4 is 16.0 Å². The molecule has 0 aliphatic heterocycles. The van der Waals surface area contributed by atoms with E-state index in [2.05, 4.69) is 26.1 Å². The van der Waals surface area contributed by atoms with Gasteiger partial charge in [-0.3, -0.25) is 10.1 Å². The molecule has 0 unspecified atom stereocenters. The first-order valence-corrected chi connectivity index (χ1v) is 11.5. The summed E-state index contributed by atoms with van der Waals surface area (Å²) in [4.78, 5) is 25.6. The molecule has 0 spiro atoms. The van der Waals surface area contributed by atoms with Gasteiger partial charge >= 0.3 is 6.03 Å². The summed E-state index contributed by atoms with van der Waals surface area (Å²) >= 11 is 7.29. The Morgan fingerprint density at radius 3 is 2.56 bits per heavy atom. The molecule has 2 aromatic carbocycles. The minimum atomic E-state index is -0.733. The number of aromatic nitrogens is 2. The molecule has 2 atom stereocenters. The fourth-order valence-electron chi connectivity index (χ4n) is 3.08. The lowest BCUT2D eigenvalue weighted by atomic mass is 9.98. The summed E-state index contributed by atoms with van der Waals surface area (Å²) in [5, 5.41) is 18.2. The lowest BCUT2D eigenvalue weighted by molar-refractivity contribution is -0.119. The van der Waals surface area contributed by atoms with Crippen LogP contribution in [0.1, 0.15) is 31.4 Å². The highest BCUT2D eigenvalue weighted by Gasteiger charge is 2.27. The van der Waals surface area contributed by atoms with E-state index < -0.39 is 12.1 Å². The molecular formula is C23H26ClN5O2S. The number of hydrogen-bond donors (Lipinski definition) is 3. The minimum absolute atomic E-state index is 0.0836. The fraction of sp³-hybridized carbons (Fsp3) is 0.304. The smallest absolute Gasteiger partial charge is 0.319 e. The van der Waals surface area contributed by atoms with E-state index in [0.717, 1.165) is 16.7 Å². The highest BCUT2D eigenvalue weighted by Crippen LogP contribution is 2.28. The van der Waals surface area contributed by atoms with E-state index in [4.69, 9.17) is 11.6 Å². The summed E-state index contributed by atoms with van der Waals surface area (Å²) in [7, 11) is 0. The van der Waals surface area contributed by atoms with Gasteiger partial charge in [-0.2, -0.15) is 0 Å². The normalized spacial score (nSPS) is 12.7. The fourth-order valence-corrected chi connectivity index (χ4v) is 4.02. The zero-order valence-corrected chi connectivity index (χ0v) is 20.0. The molecular weight excluding hydrogens is 446 g/mol. The molecule has 0 bridgehead atoms. The van der Waals surface area contributed by atoms with Gasteiger partial charge in [-0.25, -0.2) is 4.79 Å². The van der Waals surface area contributed by atoms with Gasteiger partial charge in [-0.1, -0.05) is 67.5 Å². The maximum absolute atomic E-state index is 13.0. The Bertz CT molecular complexity index is 1120. The van der Waals surface area contributed by atoms with Crippen molar-refractivity contribution in [3.8, 4) is 10.6 Å². The highest BCUT2D eigenvalue weighted by atomic mass is 35.5. The molecule has 1 heterocycles. The summed E-state index contributed by atoms with van der Waals surface area (Å²) in [6, 6.07) is 11.8. The van der Waals surface area contributed by atoms with Gasteiger partial charge in [0.15, 0.2) is 0 Å². The zero-order chi connectivity index (χ0) is 23.3. The van der Waals surface area contributed by atoms with Gasteiger partial charge in [0, 0.05) is 16.3 Å². The third-order valence-corrected chi connectivity index (χ3v) is 6.48. The van der Waals surface area contributed by atoms with E-state index in [1.807, 2.05) is 58.0 Å². The molecule has 3 N–H and O–H groups in total. The van der Waals surface area contributed by atoms with Gasteiger partial charge in [0.1, 0.15) is 11.0 Å². The molecule has 1 aromatic heterocycles. The number of hydrogen-bond acceptors (Lipinski definition) is 5. The lowest BCUT2D eigenvalue weighted by Gasteiger charge is -2.23. The van der Waals surface area contributed by atoms with Crippen LogP contribution in [0.5, 0.6) is 0 Å². The molecule has 7 nitrogen and oxygen atoms in total. The van der Waals surface area contributed by atoms with Crippen molar-refractivity contribution in [1.82, 2.24) is 15.5 Å². The molecule has 9 heteroatoms. The first kappa shape index (κ1) is 23.7. The number of carbonyl (C=O) groups excluding carboxylic acids is 2. The zero-order valence-electron chi connectivity index (χ0n) is 18.4. The molecule has 0 saturated carbocycles. The maximum Gasteiger partial charge on any atom is 0.319 e. The molecule has 32 heavy (non-hydrogen) atoms. The molecule has 3 rings (SSSR count). The number of carbonyl (C=O) groups is 2. The summed E-state index contributed by atoms with van der Waals surface area (Å²) < 4.78 is 0. The quantitative estimate of drug-likeness (QED) is 0.414. The van der Waals surface area contributed by atoms with E-state index in [9.17, 15) is 9.59 Å². The number of amides is 3. The van der Waals surface area contributed by atoms with Crippen LogP contribution in [0.25, 0.3) is 10.6 Å². The average molecular weight is 472 g/mol. The van der Waals surface area contributed by atoms with Crippen LogP contribution in [0, 0.1) is 19.8 Å². The van der Waals surface area contributed by atoms with Crippen LogP contribution in [0.15, 0.2) is 42.5 Å². The van der Waals surface area contributed by atoms with Gasteiger partial charge in [0.05, 0.1) is 0 Å². The first-order valence-electron chi connectivity index (χ1n) is 10.3. The topological polar surface area (TPSA) is 96.0 Å². The summed E-state index contributed by atoms with van der Waals surface area (Å²) in [5.74, 6) is -0.427. The first-order chi connectivity index (χ1) is 15.3. The van der Waals surface area contributed by atoms with Crippen molar-refractivity contribution in [1.29, 1.82) is 0 Å². The van der Waals surface area contributed by atoms with Gasteiger partial charge < -0.3 is 10.6 Å². The van der Waals surface area contributed by atoms with Gasteiger partial charge in [0.2, 0.25) is 11.0 Å². The Labute approximate surface area is 196 Å². The maximum atomic E-state index is 13.0. The molecule has 3 amide bonds. The molecule has 0 fully saturated rings. The number of nitrogens with zero attached hydrogens (tertiary/aromatic N) is 2. The van der Waals surface area contributed by atoms with Crippen molar-refractivity contribution in [3.05, 3.63) is 58.6 Å². The molecule has 0 aliphatic rings. The standard InChI is InChI=1S/C23H26ClN5O2S/c1-5-13(2)19(26-22(31)25-18-11-6-8-14(3)15(18)4)20(30)27-23-29-28-21(32-23)16-9-7-10-17(24)12-16/h6-13,19H,5H2,1-4H3,(H2,25,26,31)(H,27,29,30)/t13-,19+/m1/s1. The molecule has 3 aromatic rings. The van der Waals surface area contributed by atoms with Crippen LogP contribution in [0.2, 0.25) is 5.02 Å². The molecule has 0 saturated heterocycles. The van der Waals surface area contributed by atoms with Crippen molar-refractivity contribution in [3.63, 3.8) is 0 Å². The van der Waals surface area contributed by atoms with Gasteiger partial charge in [-0.15, -0.1) is 10.2 Å². The van der Waals surface area contributed by atoms with Crippen molar-refractivity contribution < 1.29 is 9.59 Å². The molecule has 168 valence electrons. The van der Waals surface area contributed by atoms with Crippen LogP contribution >= 0.6 is 22.9 Å². The summed E-state index contributed by atoms with van der Waals surface area (Å²) in [6.45, 7) is 7.81. The van der Waals surface area contributed by atoms with E-state index in [0.29, 0.717) is 27.3 Å². The van der Waals surface area contributed by atoms with E-state index in [1.54, 1.807) is 12.1 Å². The Morgan fingerprint density at radius 1 is 1.09 bits per heavy atom. The number of benzene rings is 2. The number of rotatable bonds is 7. The third-order valence-electron chi connectivity index (χ3n) is 5.36. The van der Waals surface area contributed by atoms with Gasteiger partial charge in [0.25, 0.3) is 0 Å². The number of anilines is 2. The Balaban J connectivity index is 1.70. The van der Waals surface area contributed by atoms with Gasteiger partial charge in [-0.05, 0) is 49.1 Å². The van der Waals surface area contributed by atoms with E-state index >= 15 is 0 Å². The third kappa shape index (κ3) is 5.83. The predicted molar refractivity (Wildman–Crippen MR) is 130 cm³/mol. The van der Waals surface area contributed by atoms with E-state index in [-0.39, 0.29) is 11.8 Å². The largest absolute Gasteiger partial charge is 0.326 e. The number of halogens is 1. The Morgan fingerprint density at radius 2 is 1.84 bits per heavy atom. The lowest BCUT2D eigenvalue weighted by Crippen LogP contribution is -2.49. The van der Waals surface area contributed by atoms with E-state index in [1.165, 1.54) is 11.3 Å². The second-order valence-electron chi connectivity index (χ2n) is 7.62. The summed E-state index contributed by atoms with van der Waals surface area (Å²) in [6.07, 6.45) is 0.714. The molecule has 0 radical (unpaired) electrons. The van der Waals surface area contributed by atoms with Crippen molar-refractivity contribution >= 4 is 45.7 Å². The Hall–Kier alpha value is -2.97. The summed E-state index contributed by atoms with van der Waals surface area (Å²) in [5.41, 5.74) is 3.58. The second kappa shape index (κ2) is 10.6. The minimum Gasteiger partial charge on any atom is -0.326 e. The molecule has 0 aliphatic carbocycles. The number of urea groups is 1. The van der Waals surface area contributed by atoms with Crippen LogP contribution in [0.4, 0.5) is 15.6 Å². The average Bonchev–Trinajstić information content (AvgIpc) is 3.23. The van der Waals surface area contributed by atoms with Crippen LogP contribution in [-0.2, 0) is 4.79 Å². The van der Waals surface area contributed by atoms with Crippen molar-refractivity contribution in [2.45, 2.75) is 40.2 Å². The number of aryl methyl sites for hydroxylation is 1. The highest BCUT2D eigenvalue weighted by molar-refractivity contribution is 7.18.